The van der Waals surface area contributed by atoms with Gasteiger partial charge in [0.1, 0.15) is 0 Å². The molecule has 0 saturated carbocycles. The van der Waals surface area contributed by atoms with Crippen molar-refractivity contribution in [2.45, 2.75) is 51.2 Å². The molecule has 0 rings (SSSR count). The molecule has 1 atom stereocenters. The van der Waals surface area contributed by atoms with Crippen molar-refractivity contribution in [1.82, 2.24) is 0 Å². The van der Waals surface area contributed by atoms with E-state index in [4.69, 9.17) is 0 Å². The third kappa shape index (κ3) is 13.5. The Labute approximate surface area is 109 Å². The minimum absolute atomic E-state index is 0. The minimum Gasteiger partial charge on any atom is -0.825 e. The largest absolute Gasteiger partial charge is 2.00 e. The molecule has 0 N–H and O–H groups in total. The van der Waals surface area contributed by atoms with Crippen LogP contribution in [-0.2, 0) is 31.3 Å². The van der Waals surface area contributed by atoms with Gasteiger partial charge in [0.15, 0.2) is 0 Å². The average molecular weight is 306 g/mol. The molecule has 0 aliphatic rings. The number of unbranched alkanes of at least 4 members (excludes halogenated alkanes) is 3. The summed E-state index contributed by atoms with van der Waals surface area (Å²) in [6, 6.07) is 0. The Morgan fingerprint density at radius 3 is 2.29 bits per heavy atom. The second-order valence-electron chi connectivity index (χ2n) is 3.21. The van der Waals surface area contributed by atoms with Gasteiger partial charge in [0.2, 0.25) is 0 Å². The first-order valence-electron chi connectivity index (χ1n) is 4.66. The molecular formula is C8H17O2PS2Zn. The van der Waals surface area contributed by atoms with Crippen molar-refractivity contribution in [2.24, 2.45) is 0 Å². The molecule has 0 aliphatic heterocycles. The molecule has 6 heteroatoms. The van der Waals surface area contributed by atoms with Crippen LogP contribution in [0.4, 0.5) is 0 Å². The molecule has 2 nitrogen and oxygen atoms in total. The smallest absolute Gasteiger partial charge is 0.825 e. The van der Waals surface area contributed by atoms with Crippen molar-refractivity contribution < 1.29 is 29.3 Å². The van der Waals surface area contributed by atoms with Crippen molar-refractivity contribution in [3.8, 4) is 0 Å². The van der Waals surface area contributed by atoms with Gasteiger partial charge in [-0.25, -0.2) is 0 Å². The number of hydrogen-bond acceptors (Lipinski definition) is 4. The Hall–Kier alpha value is 1.54. The van der Waals surface area contributed by atoms with Crippen molar-refractivity contribution in [1.29, 1.82) is 0 Å². The van der Waals surface area contributed by atoms with E-state index in [0.717, 1.165) is 24.2 Å². The first kappa shape index (κ1) is 17.9. The summed E-state index contributed by atoms with van der Waals surface area (Å²) in [5, 5.41) is 0.151. The Kier molecular flexibility index (Phi) is 12.5. The van der Waals surface area contributed by atoms with Gasteiger partial charge in [-0.05, 0) is 6.42 Å². The summed E-state index contributed by atoms with van der Waals surface area (Å²) in [7, 11) is 0. The van der Waals surface area contributed by atoms with Gasteiger partial charge in [-0.1, -0.05) is 39.5 Å². The van der Waals surface area contributed by atoms with Crippen LogP contribution in [0.5, 0.6) is 0 Å². The van der Waals surface area contributed by atoms with Crippen LogP contribution in [-0.4, -0.2) is 5.25 Å². The molecule has 0 saturated heterocycles. The molecule has 0 bridgehead atoms. The fourth-order valence-corrected chi connectivity index (χ4v) is 4.81. The van der Waals surface area contributed by atoms with Crippen LogP contribution >= 0.6 is 17.1 Å². The molecule has 0 radical (unpaired) electrons. The van der Waals surface area contributed by atoms with Crippen molar-refractivity contribution >= 4 is 28.9 Å². The molecule has 80 valence electrons. The van der Waals surface area contributed by atoms with Gasteiger partial charge in [0.05, 0.1) is 0 Å². The first-order chi connectivity index (χ1) is 5.95. The molecule has 14 heavy (non-hydrogen) atoms. The molecule has 0 aromatic rings. The van der Waals surface area contributed by atoms with E-state index in [2.05, 4.69) is 18.7 Å². The van der Waals surface area contributed by atoms with Crippen molar-refractivity contribution in [3.63, 3.8) is 0 Å². The molecule has 0 amide bonds. The average Bonchev–Trinajstić information content (AvgIpc) is 1.94. The van der Waals surface area contributed by atoms with Crippen LogP contribution in [0.25, 0.3) is 0 Å². The topological polar surface area (TPSA) is 46.1 Å². The van der Waals surface area contributed by atoms with E-state index in [-0.39, 0.29) is 24.7 Å². The Bertz CT molecular complexity index is 175. The summed E-state index contributed by atoms with van der Waals surface area (Å²) >= 11 is 5.26. The van der Waals surface area contributed by atoms with Gasteiger partial charge in [-0.2, -0.15) is 17.1 Å². The van der Waals surface area contributed by atoms with Crippen LogP contribution < -0.4 is 9.79 Å². The van der Waals surface area contributed by atoms with E-state index in [1.807, 2.05) is 6.92 Å². The Morgan fingerprint density at radius 2 is 1.86 bits per heavy atom. The summed E-state index contributed by atoms with van der Waals surface area (Å²) < 4.78 is 0. The van der Waals surface area contributed by atoms with E-state index >= 15 is 0 Å². The minimum atomic E-state index is -3.53. The SMILES string of the molecule is CCCCCCC(C)SP([O-])([O-])=S.[Zn+2]. The van der Waals surface area contributed by atoms with Crippen LogP contribution in [0.15, 0.2) is 0 Å². The third-order valence-corrected chi connectivity index (χ3v) is 5.26. The third-order valence-electron chi connectivity index (χ3n) is 1.77. The summed E-state index contributed by atoms with van der Waals surface area (Å²) in [4.78, 5) is 21.5. The monoisotopic (exact) mass is 304 g/mol. The maximum Gasteiger partial charge on any atom is 2.00 e. The standard InChI is InChI=1S/C8H19O2PS2.Zn/c1-3-4-5-6-7-8(2)13-11(9,10)12;/h8H,3-7H2,1-2H3,(H2,9,10,12);/q;+2/p-2. The van der Waals surface area contributed by atoms with Crippen molar-refractivity contribution in [2.75, 3.05) is 0 Å². The first-order valence-corrected chi connectivity index (χ1v) is 8.78. The molecule has 1 unspecified atom stereocenters. The van der Waals surface area contributed by atoms with Gasteiger partial charge in [-0.3, -0.25) is 0 Å². The predicted octanol–water partition coefficient (Wildman–Crippen LogP) is 2.02. The molecule has 0 fully saturated rings. The van der Waals surface area contributed by atoms with E-state index in [1.165, 1.54) is 19.3 Å². The van der Waals surface area contributed by atoms with Crippen molar-refractivity contribution in [3.05, 3.63) is 0 Å². The van der Waals surface area contributed by atoms with Crippen LogP contribution in [0.1, 0.15) is 46.0 Å². The number of hydrogen-bond donors (Lipinski definition) is 0. The quantitative estimate of drug-likeness (QED) is 0.410. The van der Waals surface area contributed by atoms with Gasteiger partial charge in [-0.15, -0.1) is 11.8 Å². The molecule has 0 heterocycles. The van der Waals surface area contributed by atoms with E-state index < -0.39 is 5.69 Å². The van der Waals surface area contributed by atoms with Crippen LogP contribution in [0.3, 0.4) is 0 Å². The summed E-state index contributed by atoms with van der Waals surface area (Å²) in [6.45, 7) is 4.08. The molecule has 0 aromatic heterocycles. The van der Waals surface area contributed by atoms with Gasteiger partial charge in [0.25, 0.3) is 0 Å². The summed E-state index contributed by atoms with van der Waals surface area (Å²) in [6.07, 6.45) is 5.70. The van der Waals surface area contributed by atoms with Gasteiger partial charge in [0, 0.05) is 5.25 Å². The number of rotatable bonds is 7. The van der Waals surface area contributed by atoms with E-state index in [9.17, 15) is 9.79 Å². The second-order valence-corrected chi connectivity index (χ2v) is 9.33. The summed E-state index contributed by atoms with van der Waals surface area (Å²) in [5.74, 6) is 0. The summed E-state index contributed by atoms with van der Waals surface area (Å²) in [5.41, 5.74) is -3.53. The maximum absolute atomic E-state index is 10.7. The molecule has 0 aromatic carbocycles. The zero-order valence-corrected chi connectivity index (χ0v) is 14.4. The zero-order chi connectivity index (χ0) is 10.3. The Balaban J connectivity index is 0. The Morgan fingerprint density at radius 1 is 1.29 bits per heavy atom. The molecule has 0 aliphatic carbocycles. The van der Waals surface area contributed by atoms with Crippen LogP contribution in [0, 0.1) is 0 Å². The van der Waals surface area contributed by atoms with E-state index in [1.54, 1.807) is 0 Å². The second kappa shape index (κ2) is 9.75. The van der Waals surface area contributed by atoms with Crippen LogP contribution in [0.2, 0.25) is 0 Å². The van der Waals surface area contributed by atoms with Gasteiger partial charge < -0.3 is 9.79 Å². The fraction of sp³-hybridized carbons (Fsp3) is 1.00. The predicted molar refractivity (Wildman–Crippen MR) is 60.1 cm³/mol. The zero-order valence-electron chi connectivity index (χ0n) is 8.90. The molecular weight excluding hydrogens is 289 g/mol. The normalized spacial score (nSPS) is 13.4. The van der Waals surface area contributed by atoms with Gasteiger partial charge >= 0.3 is 19.5 Å². The van der Waals surface area contributed by atoms with E-state index in [0.29, 0.717) is 0 Å². The molecule has 0 spiro atoms. The maximum atomic E-state index is 10.7. The fourth-order valence-electron chi connectivity index (χ4n) is 1.13.